The third-order valence-corrected chi connectivity index (χ3v) is 3.38. The monoisotopic (exact) mass is 270 g/mol. The number of hydrogen-bond acceptors (Lipinski definition) is 6. The first kappa shape index (κ1) is 12.8. The molecule has 0 N–H and O–H groups in total. The number of aryl methyl sites for hydroxylation is 1. The molecule has 3 rings (SSSR count). The molecule has 3 heterocycles. The summed E-state index contributed by atoms with van der Waals surface area (Å²) in [5.74, 6) is 1.16. The van der Waals surface area contributed by atoms with Crippen LogP contribution in [0, 0.1) is 18.3 Å². The minimum Gasteiger partial charge on any atom is -0.419 e. The maximum absolute atomic E-state index is 8.90. The topological polar surface area (TPSA) is 84.8 Å². The number of pyridine rings is 1. The minimum absolute atomic E-state index is 0.171. The quantitative estimate of drug-likeness (QED) is 0.831. The van der Waals surface area contributed by atoms with E-state index >= 15 is 0 Å². The van der Waals surface area contributed by atoms with Crippen LogP contribution in [0.4, 0.5) is 0 Å². The van der Waals surface area contributed by atoms with Gasteiger partial charge in [0.25, 0.3) is 5.89 Å². The van der Waals surface area contributed by atoms with E-state index in [4.69, 9.17) is 14.4 Å². The van der Waals surface area contributed by atoms with Crippen LogP contribution in [-0.2, 0) is 4.74 Å². The highest BCUT2D eigenvalue weighted by atomic mass is 16.5. The number of nitrogens with zero attached hydrogens (tertiary/aromatic N) is 4. The first-order valence-corrected chi connectivity index (χ1v) is 6.57. The zero-order chi connectivity index (χ0) is 13.9. The van der Waals surface area contributed by atoms with Gasteiger partial charge in [0.15, 0.2) is 0 Å². The zero-order valence-electron chi connectivity index (χ0n) is 11.2. The highest BCUT2D eigenvalue weighted by Crippen LogP contribution is 2.26. The van der Waals surface area contributed by atoms with Crippen LogP contribution in [0.5, 0.6) is 0 Å². The molecule has 6 heteroatoms. The predicted octanol–water partition coefficient (Wildman–Crippen LogP) is 2.21. The molecule has 1 atom stereocenters. The Morgan fingerprint density at radius 2 is 2.25 bits per heavy atom. The summed E-state index contributed by atoms with van der Waals surface area (Å²) in [5.41, 5.74) is 1.80. The van der Waals surface area contributed by atoms with Crippen LogP contribution in [-0.4, -0.2) is 28.4 Å². The second kappa shape index (κ2) is 5.39. The molecular weight excluding hydrogens is 256 g/mol. The van der Waals surface area contributed by atoms with E-state index in [-0.39, 0.29) is 5.92 Å². The Morgan fingerprint density at radius 1 is 1.35 bits per heavy atom. The molecule has 0 bridgehead atoms. The molecule has 20 heavy (non-hydrogen) atoms. The number of ether oxygens (including phenoxy) is 1. The maximum atomic E-state index is 8.90. The average Bonchev–Trinajstić information content (AvgIpc) is 2.98. The largest absolute Gasteiger partial charge is 0.419 e. The van der Waals surface area contributed by atoms with E-state index in [1.807, 2.05) is 0 Å². The lowest BCUT2D eigenvalue weighted by Crippen LogP contribution is -2.15. The Bertz CT molecular complexity index is 653. The summed E-state index contributed by atoms with van der Waals surface area (Å²) in [6.45, 7) is 3.21. The Balaban J connectivity index is 1.86. The van der Waals surface area contributed by atoms with Crippen molar-refractivity contribution in [3.8, 4) is 17.7 Å². The van der Waals surface area contributed by atoms with Crippen molar-refractivity contribution < 1.29 is 9.15 Å². The summed E-state index contributed by atoms with van der Waals surface area (Å²) in [5, 5.41) is 17.0. The molecule has 1 aliphatic rings. The molecule has 102 valence electrons. The molecule has 1 saturated heterocycles. The second-order valence-electron chi connectivity index (χ2n) is 4.80. The van der Waals surface area contributed by atoms with E-state index in [1.54, 1.807) is 19.1 Å². The summed E-state index contributed by atoms with van der Waals surface area (Å²) in [6.07, 6.45) is 2.01. The first-order valence-electron chi connectivity index (χ1n) is 6.57. The molecule has 6 nitrogen and oxygen atoms in total. The summed E-state index contributed by atoms with van der Waals surface area (Å²) in [7, 11) is 0. The van der Waals surface area contributed by atoms with Gasteiger partial charge in [-0.2, -0.15) is 5.26 Å². The summed E-state index contributed by atoms with van der Waals surface area (Å²) < 4.78 is 11.1. The molecule has 1 fully saturated rings. The lowest BCUT2D eigenvalue weighted by Gasteiger charge is -2.18. The van der Waals surface area contributed by atoms with Crippen molar-refractivity contribution in [3.63, 3.8) is 0 Å². The van der Waals surface area contributed by atoms with Crippen LogP contribution >= 0.6 is 0 Å². The lowest BCUT2D eigenvalue weighted by atomic mass is 10.0. The fourth-order valence-corrected chi connectivity index (χ4v) is 2.24. The van der Waals surface area contributed by atoms with E-state index in [0.29, 0.717) is 35.3 Å². The molecule has 2 aromatic heterocycles. The van der Waals surface area contributed by atoms with Gasteiger partial charge >= 0.3 is 0 Å². The van der Waals surface area contributed by atoms with Crippen molar-refractivity contribution in [2.75, 3.05) is 13.2 Å². The van der Waals surface area contributed by atoms with Crippen LogP contribution in [0.25, 0.3) is 11.6 Å². The van der Waals surface area contributed by atoms with E-state index in [9.17, 15) is 0 Å². The van der Waals surface area contributed by atoms with Gasteiger partial charge in [0.05, 0.1) is 23.8 Å². The Morgan fingerprint density at radius 3 is 2.95 bits per heavy atom. The van der Waals surface area contributed by atoms with Gasteiger partial charge in [-0.3, -0.25) is 0 Å². The van der Waals surface area contributed by atoms with Crippen LogP contribution < -0.4 is 0 Å². The molecule has 0 aliphatic carbocycles. The Labute approximate surface area is 116 Å². The lowest BCUT2D eigenvalue weighted by molar-refractivity contribution is 0.0727. The third-order valence-electron chi connectivity index (χ3n) is 3.38. The van der Waals surface area contributed by atoms with Crippen molar-refractivity contribution in [3.05, 3.63) is 29.3 Å². The summed E-state index contributed by atoms with van der Waals surface area (Å²) >= 11 is 0. The highest BCUT2D eigenvalue weighted by Gasteiger charge is 2.22. The molecule has 0 radical (unpaired) electrons. The van der Waals surface area contributed by atoms with Gasteiger partial charge in [0.2, 0.25) is 5.89 Å². The normalized spacial score (nSPS) is 18.7. The van der Waals surface area contributed by atoms with Gasteiger partial charge in [-0.15, -0.1) is 10.2 Å². The van der Waals surface area contributed by atoms with E-state index in [1.165, 1.54) is 0 Å². The molecule has 0 saturated carbocycles. The highest BCUT2D eigenvalue weighted by molar-refractivity contribution is 5.49. The number of aromatic nitrogens is 3. The smallest absolute Gasteiger partial charge is 0.266 e. The molecule has 0 amide bonds. The summed E-state index contributed by atoms with van der Waals surface area (Å²) in [6, 6.07) is 5.52. The molecular formula is C14H14N4O2. The van der Waals surface area contributed by atoms with Crippen molar-refractivity contribution in [2.45, 2.75) is 25.7 Å². The number of rotatable bonds is 2. The van der Waals surface area contributed by atoms with Crippen LogP contribution in [0.15, 0.2) is 16.5 Å². The molecule has 0 spiro atoms. The standard InChI is InChI=1S/C14H14N4O2/c1-9-10(7-15)4-5-12(16-9)14-18-17-13(20-14)11-3-2-6-19-8-11/h4-5,11H,2-3,6,8H2,1H3. The van der Waals surface area contributed by atoms with E-state index < -0.39 is 0 Å². The van der Waals surface area contributed by atoms with Gasteiger partial charge in [0, 0.05) is 6.61 Å². The van der Waals surface area contributed by atoms with E-state index in [0.717, 1.165) is 19.4 Å². The van der Waals surface area contributed by atoms with Gasteiger partial charge in [-0.1, -0.05) is 0 Å². The Kier molecular flexibility index (Phi) is 3.44. The second-order valence-corrected chi connectivity index (χ2v) is 4.80. The molecule has 2 aromatic rings. The van der Waals surface area contributed by atoms with Gasteiger partial charge < -0.3 is 9.15 Å². The average molecular weight is 270 g/mol. The van der Waals surface area contributed by atoms with Crippen LogP contribution in [0.2, 0.25) is 0 Å². The SMILES string of the molecule is Cc1nc(-c2nnc(C3CCCOC3)o2)ccc1C#N. The van der Waals surface area contributed by atoms with Gasteiger partial charge in [-0.25, -0.2) is 4.98 Å². The molecule has 1 aliphatic heterocycles. The summed E-state index contributed by atoms with van der Waals surface area (Å²) in [4.78, 5) is 4.32. The van der Waals surface area contributed by atoms with Crippen molar-refractivity contribution in [2.24, 2.45) is 0 Å². The van der Waals surface area contributed by atoms with E-state index in [2.05, 4.69) is 21.3 Å². The first-order chi connectivity index (χ1) is 9.78. The molecule has 0 aromatic carbocycles. The van der Waals surface area contributed by atoms with Crippen LogP contribution in [0.1, 0.15) is 35.9 Å². The number of hydrogen-bond donors (Lipinski definition) is 0. The Hall–Kier alpha value is -2.26. The fourth-order valence-electron chi connectivity index (χ4n) is 2.24. The molecule has 1 unspecified atom stereocenters. The predicted molar refractivity (Wildman–Crippen MR) is 69.8 cm³/mol. The van der Waals surface area contributed by atoms with Crippen LogP contribution in [0.3, 0.4) is 0 Å². The van der Waals surface area contributed by atoms with Crippen molar-refractivity contribution in [1.82, 2.24) is 15.2 Å². The third kappa shape index (κ3) is 2.40. The van der Waals surface area contributed by atoms with Gasteiger partial charge in [-0.05, 0) is 31.9 Å². The number of nitriles is 1. The van der Waals surface area contributed by atoms with Crippen molar-refractivity contribution >= 4 is 0 Å². The maximum Gasteiger partial charge on any atom is 0.266 e. The zero-order valence-corrected chi connectivity index (χ0v) is 11.2. The minimum atomic E-state index is 0.171. The fraction of sp³-hybridized carbons (Fsp3) is 0.429. The van der Waals surface area contributed by atoms with Gasteiger partial charge in [0.1, 0.15) is 11.8 Å². The van der Waals surface area contributed by atoms with Crippen molar-refractivity contribution in [1.29, 1.82) is 5.26 Å².